The van der Waals surface area contributed by atoms with E-state index in [4.69, 9.17) is 4.74 Å². The van der Waals surface area contributed by atoms with Gasteiger partial charge in [-0.2, -0.15) is 0 Å². The second-order valence-corrected chi connectivity index (χ2v) is 5.28. The van der Waals surface area contributed by atoms with E-state index in [1.54, 1.807) is 12.3 Å². The lowest BCUT2D eigenvalue weighted by atomic mass is 10.2. The number of aromatic nitrogens is 1. The van der Waals surface area contributed by atoms with Crippen molar-refractivity contribution in [2.45, 2.75) is 13.8 Å². The van der Waals surface area contributed by atoms with Gasteiger partial charge in [0.15, 0.2) is 0 Å². The molecule has 0 spiro atoms. The van der Waals surface area contributed by atoms with Crippen molar-refractivity contribution in [3.8, 4) is 0 Å². The summed E-state index contributed by atoms with van der Waals surface area (Å²) in [5.74, 6) is 0.815. The molecule has 22 heavy (non-hydrogen) atoms. The first-order chi connectivity index (χ1) is 10.7. The number of morpholine rings is 1. The number of rotatable bonds is 7. The van der Waals surface area contributed by atoms with Gasteiger partial charge in [-0.15, -0.1) is 0 Å². The van der Waals surface area contributed by atoms with Crippen molar-refractivity contribution >= 4 is 11.7 Å². The molecular weight excluding hydrogens is 280 g/mol. The van der Waals surface area contributed by atoms with Crippen LogP contribution in [0.2, 0.25) is 0 Å². The van der Waals surface area contributed by atoms with Crippen LogP contribution in [0.5, 0.6) is 0 Å². The maximum atomic E-state index is 12.2. The fraction of sp³-hybridized carbons (Fsp3) is 0.625. The molecule has 6 heteroatoms. The molecule has 1 aliphatic heterocycles. The average molecular weight is 306 g/mol. The third-order valence-corrected chi connectivity index (χ3v) is 3.91. The standard InChI is InChI=1S/C16H26N4O2/c1-3-20(4-2)15-13-14(5-6-17-15)16(21)18-7-8-19-9-11-22-12-10-19/h5-6,13H,3-4,7-12H2,1-2H3,(H,18,21). The molecule has 1 aliphatic rings. The molecule has 122 valence electrons. The first-order valence-electron chi connectivity index (χ1n) is 8.04. The summed E-state index contributed by atoms with van der Waals surface area (Å²) < 4.78 is 5.31. The van der Waals surface area contributed by atoms with E-state index in [2.05, 4.69) is 33.9 Å². The van der Waals surface area contributed by atoms with Crippen LogP contribution in [0.4, 0.5) is 5.82 Å². The molecule has 1 amide bonds. The molecular formula is C16H26N4O2. The number of carbonyl (C=O) groups excluding carboxylic acids is 1. The molecule has 6 nitrogen and oxygen atoms in total. The van der Waals surface area contributed by atoms with Crippen molar-refractivity contribution in [3.63, 3.8) is 0 Å². The SMILES string of the molecule is CCN(CC)c1cc(C(=O)NCCN2CCOCC2)ccn1. The molecule has 1 N–H and O–H groups in total. The molecule has 0 aromatic carbocycles. The second-order valence-electron chi connectivity index (χ2n) is 5.28. The van der Waals surface area contributed by atoms with Gasteiger partial charge in [0.1, 0.15) is 5.82 Å². The summed E-state index contributed by atoms with van der Waals surface area (Å²) in [6.45, 7) is 10.9. The molecule has 2 rings (SSSR count). The van der Waals surface area contributed by atoms with E-state index in [0.717, 1.165) is 51.8 Å². The highest BCUT2D eigenvalue weighted by Crippen LogP contribution is 2.12. The van der Waals surface area contributed by atoms with Crippen molar-refractivity contribution in [1.29, 1.82) is 0 Å². The summed E-state index contributed by atoms with van der Waals surface area (Å²) in [4.78, 5) is 21.0. The first kappa shape index (κ1) is 16.7. The minimum absolute atomic E-state index is 0.0379. The number of hydrogen-bond acceptors (Lipinski definition) is 5. The van der Waals surface area contributed by atoms with Crippen molar-refractivity contribution < 1.29 is 9.53 Å². The Morgan fingerprint density at radius 2 is 2.09 bits per heavy atom. The van der Waals surface area contributed by atoms with Crippen LogP contribution in [0.3, 0.4) is 0 Å². The fourth-order valence-electron chi connectivity index (χ4n) is 2.53. The maximum absolute atomic E-state index is 12.2. The van der Waals surface area contributed by atoms with E-state index in [9.17, 15) is 4.79 Å². The van der Waals surface area contributed by atoms with Gasteiger partial charge in [-0.25, -0.2) is 4.98 Å². The number of carbonyl (C=O) groups is 1. The van der Waals surface area contributed by atoms with E-state index < -0.39 is 0 Å². The normalized spacial score (nSPS) is 15.5. The molecule has 1 fully saturated rings. The van der Waals surface area contributed by atoms with Gasteiger partial charge in [0.05, 0.1) is 13.2 Å². The van der Waals surface area contributed by atoms with E-state index >= 15 is 0 Å². The van der Waals surface area contributed by atoms with E-state index in [1.807, 2.05) is 6.07 Å². The Kier molecular flexibility index (Phi) is 6.61. The minimum atomic E-state index is -0.0379. The molecule has 1 saturated heterocycles. The second kappa shape index (κ2) is 8.70. The van der Waals surface area contributed by atoms with Gasteiger partial charge in [-0.05, 0) is 26.0 Å². The highest BCUT2D eigenvalue weighted by Gasteiger charge is 2.12. The Morgan fingerprint density at radius 3 is 2.77 bits per heavy atom. The molecule has 1 aromatic rings. The third-order valence-electron chi connectivity index (χ3n) is 3.91. The summed E-state index contributed by atoms with van der Waals surface area (Å²) in [6, 6.07) is 3.62. The fourth-order valence-corrected chi connectivity index (χ4v) is 2.53. The van der Waals surface area contributed by atoms with Crippen LogP contribution in [0, 0.1) is 0 Å². The Morgan fingerprint density at radius 1 is 1.36 bits per heavy atom. The van der Waals surface area contributed by atoms with Gasteiger partial charge in [-0.3, -0.25) is 9.69 Å². The van der Waals surface area contributed by atoms with Gasteiger partial charge in [0.2, 0.25) is 0 Å². The molecule has 0 unspecified atom stereocenters. The molecule has 0 bridgehead atoms. The smallest absolute Gasteiger partial charge is 0.251 e. The predicted molar refractivity (Wildman–Crippen MR) is 87.4 cm³/mol. The van der Waals surface area contributed by atoms with Crippen LogP contribution in [-0.4, -0.2) is 68.3 Å². The van der Waals surface area contributed by atoms with Gasteiger partial charge >= 0.3 is 0 Å². The van der Waals surface area contributed by atoms with Crippen LogP contribution in [0.25, 0.3) is 0 Å². The molecule has 2 heterocycles. The lowest BCUT2D eigenvalue weighted by Crippen LogP contribution is -2.41. The quantitative estimate of drug-likeness (QED) is 0.814. The lowest BCUT2D eigenvalue weighted by molar-refractivity contribution is 0.0383. The highest BCUT2D eigenvalue weighted by atomic mass is 16.5. The minimum Gasteiger partial charge on any atom is -0.379 e. The van der Waals surface area contributed by atoms with Gasteiger partial charge < -0.3 is 15.0 Å². The van der Waals surface area contributed by atoms with Crippen LogP contribution >= 0.6 is 0 Å². The molecule has 0 saturated carbocycles. The predicted octanol–water partition coefficient (Wildman–Crippen LogP) is 0.990. The number of anilines is 1. The molecule has 0 atom stereocenters. The van der Waals surface area contributed by atoms with E-state index in [0.29, 0.717) is 12.1 Å². The monoisotopic (exact) mass is 306 g/mol. The van der Waals surface area contributed by atoms with Crippen molar-refractivity contribution in [2.75, 3.05) is 57.4 Å². The third kappa shape index (κ3) is 4.68. The average Bonchev–Trinajstić information content (AvgIpc) is 2.57. The summed E-state index contributed by atoms with van der Waals surface area (Å²) in [7, 11) is 0. The van der Waals surface area contributed by atoms with E-state index in [1.165, 1.54) is 0 Å². The maximum Gasteiger partial charge on any atom is 0.251 e. The number of pyridine rings is 1. The Labute approximate surface area is 132 Å². The number of ether oxygens (including phenoxy) is 1. The van der Waals surface area contributed by atoms with Crippen molar-refractivity contribution in [3.05, 3.63) is 23.9 Å². The van der Waals surface area contributed by atoms with Gasteiger partial charge in [0.25, 0.3) is 5.91 Å². The first-order valence-corrected chi connectivity index (χ1v) is 8.04. The lowest BCUT2D eigenvalue weighted by Gasteiger charge is -2.26. The van der Waals surface area contributed by atoms with Crippen LogP contribution in [0.1, 0.15) is 24.2 Å². The molecule has 1 aromatic heterocycles. The topological polar surface area (TPSA) is 57.7 Å². The summed E-state index contributed by atoms with van der Waals surface area (Å²) in [5, 5.41) is 2.98. The highest BCUT2D eigenvalue weighted by molar-refractivity contribution is 5.94. The molecule has 0 radical (unpaired) electrons. The van der Waals surface area contributed by atoms with Crippen molar-refractivity contribution in [2.24, 2.45) is 0 Å². The van der Waals surface area contributed by atoms with Crippen LogP contribution in [-0.2, 0) is 4.74 Å². The number of nitrogens with zero attached hydrogens (tertiary/aromatic N) is 3. The van der Waals surface area contributed by atoms with Gasteiger partial charge in [0, 0.05) is 51.0 Å². The zero-order valence-corrected chi connectivity index (χ0v) is 13.5. The van der Waals surface area contributed by atoms with Crippen LogP contribution in [0.15, 0.2) is 18.3 Å². The number of hydrogen-bond donors (Lipinski definition) is 1. The number of nitrogens with one attached hydrogen (secondary N) is 1. The summed E-state index contributed by atoms with van der Waals surface area (Å²) in [6.07, 6.45) is 1.70. The Balaban J connectivity index is 1.85. The van der Waals surface area contributed by atoms with Gasteiger partial charge in [-0.1, -0.05) is 0 Å². The largest absolute Gasteiger partial charge is 0.379 e. The summed E-state index contributed by atoms with van der Waals surface area (Å²) in [5.41, 5.74) is 0.666. The molecule has 0 aliphatic carbocycles. The Bertz CT molecular complexity index is 471. The zero-order chi connectivity index (χ0) is 15.8. The van der Waals surface area contributed by atoms with Crippen molar-refractivity contribution in [1.82, 2.24) is 15.2 Å². The zero-order valence-electron chi connectivity index (χ0n) is 13.5. The number of amides is 1. The Hall–Kier alpha value is -1.66. The van der Waals surface area contributed by atoms with Crippen LogP contribution < -0.4 is 10.2 Å². The van der Waals surface area contributed by atoms with E-state index in [-0.39, 0.29) is 5.91 Å². The summed E-state index contributed by atoms with van der Waals surface area (Å²) >= 11 is 0.